The second-order valence-electron chi connectivity index (χ2n) is 8.36. The zero-order chi connectivity index (χ0) is 24.1. The summed E-state index contributed by atoms with van der Waals surface area (Å²) < 4.78 is 22.3. The van der Waals surface area contributed by atoms with E-state index >= 15 is 0 Å². The molecule has 0 unspecified atom stereocenters. The fraction of sp³-hybridized carbons (Fsp3) is 0.214. The highest BCUT2D eigenvalue weighted by atomic mass is 16.6. The first-order chi connectivity index (χ1) is 16.4. The smallest absolute Gasteiger partial charge is 0.347 e. The number of fused-ring (bicyclic) bond motifs is 1. The van der Waals surface area contributed by atoms with Crippen LogP contribution in [0.4, 0.5) is 0 Å². The van der Waals surface area contributed by atoms with Crippen LogP contribution in [0, 0.1) is 5.92 Å². The minimum absolute atomic E-state index is 0.0826. The molecule has 0 spiro atoms. The van der Waals surface area contributed by atoms with E-state index in [0.717, 1.165) is 11.1 Å². The van der Waals surface area contributed by atoms with Crippen molar-refractivity contribution in [2.24, 2.45) is 5.92 Å². The number of hydrogen-bond acceptors (Lipinski definition) is 6. The molecular formula is C28H26O6. The van der Waals surface area contributed by atoms with E-state index < -0.39 is 12.1 Å². The topological polar surface area (TPSA) is 75.0 Å². The van der Waals surface area contributed by atoms with Gasteiger partial charge in [-0.3, -0.25) is 4.79 Å². The standard InChI is InChI=1S/C28H26O6/c1-18(2)16-32-28(30)19(3)33-23-13-14-24-25(15-23)31-17-26(27(24)29)34-22-11-9-21(10-12-22)20-7-5-4-6-8-20/h4-15,17-19H,16H2,1-3H3/t19-/m0/s1. The molecule has 0 aliphatic rings. The molecule has 4 rings (SSSR count). The Balaban J connectivity index is 1.48. The van der Waals surface area contributed by atoms with Crippen molar-refractivity contribution >= 4 is 16.9 Å². The molecule has 4 aromatic rings. The number of hydrogen-bond donors (Lipinski definition) is 0. The quantitative estimate of drug-likeness (QED) is 0.292. The van der Waals surface area contributed by atoms with Crippen LogP contribution in [0.5, 0.6) is 17.2 Å². The van der Waals surface area contributed by atoms with Gasteiger partial charge in [-0.15, -0.1) is 0 Å². The van der Waals surface area contributed by atoms with Crippen molar-refractivity contribution in [2.75, 3.05) is 6.61 Å². The lowest BCUT2D eigenvalue weighted by molar-refractivity contribution is -0.152. The molecule has 0 amide bonds. The van der Waals surface area contributed by atoms with Crippen molar-refractivity contribution in [3.05, 3.63) is 89.3 Å². The van der Waals surface area contributed by atoms with Crippen molar-refractivity contribution in [3.8, 4) is 28.4 Å². The summed E-state index contributed by atoms with van der Waals surface area (Å²) in [5.74, 6) is 0.802. The summed E-state index contributed by atoms with van der Waals surface area (Å²) in [6.07, 6.45) is 0.490. The molecule has 6 nitrogen and oxygen atoms in total. The monoisotopic (exact) mass is 458 g/mol. The molecule has 0 fully saturated rings. The number of benzene rings is 3. The lowest BCUT2D eigenvalue weighted by atomic mass is 10.1. The van der Waals surface area contributed by atoms with Crippen LogP contribution < -0.4 is 14.9 Å². The van der Waals surface area contributed by atoms with Crippen molar-refractivity contribution in [1.82, 2.24) is 0 Å². The Morgan fingerprint density at radius 2 is 1.56 bits per heavy atom. The van der Waals surface area contributed by atoms with Gasteiger partial charge in [-0.1, -0.05) is 56.3 Å². The SMILES string of the molecule is CC(C)COC(=O)[C@H](C)Oc1ccc2c(=O)c(Oc3ccc(-c4ccccc4)cc3)coc2c1. The summed E-state index contributed by atoms with van der Waals surface area (Å²) in [5.41, 5.74) is 2.18. The lowest BCUT2D eigenvalue weighted by Gasteiger charge is -2.15. The van der Waals surface area contributed by atoms with Crippen molar-refractivity contribution in [1.29, 1.82) is 0 Å². The Labute approximate surface area is 197 Å². The number of esters is 1. The van der Waals surface area contributed by atoms with Crippen LogP contribution in [0.3, 0.4) is 0 Å². The Kier molecular flexibility index (Phi) is 6.97. The average molecular weight is 459 g/mol. The minimum atomic E-state index is -0.788. The molecule has 6 heteroatoms. The maximum atomic E-state index is 12.9. The molecule has 3 aromatic carbocycles. The van der Waals surface area contributed by atoms with Crippen molar-refractivity contribution in [3.63, 3.8) is 0 Å². The molecule has 1 aromatic heterocycles. The van der Waals surface area contributed by atoms with E-state index in [1.807, 2.05) is 68.4 Å². The second kappa shape index (κ2) is 10.3. The molecule has 0 aliphatic heterocycles. The van der Waals surface area contributed by atoms with Crippen LogP contribution in [0.15, 0.2) is 88.3 Å². The van der Waals surface area contributed by atoms with E-state index in [-0.39, 0.29) is 17.1 Å². The lowest BCUT2D eigenvalue weighted by Crippen LogP contribution is -2.27. The highest BCUT2D eigenvalue weighted by Crippen LogP contribution is 2.27. The number of ether oxygens (including phenoxy) is 3. The molecule has 0 saturated carbocycles. The number of carbonyl (C=O) groups excluding carboxylic acids is 1. The van der Waals surface area contributed by atoms with Crippen molar-refractivity contribution in [2.45, 2.75) is 26.9 Å². The summed E-state index contributed by atoms with van der Waals surface area (Å²) in [6.45, 7) is 5.86. The Bertz CT molecular complexity index is 1320. The third kappa shape index (κ3) is 5.46. The third-order valence-corrected chi connectivity index (χ3v) is 5.11. The molecule has 0 radical (unpaired) electrons. The first kappa shape index (κ1) is 23.1. The predicted molar refractivity (Wildman–Crippen MR) is 130 cm³/mol. The Hall–Kier alpha value is -4.06. The minimum Gasteiger partial charge on any atom is -0.479 e. The Morgan fingerprint density at radius 3 is 2.26 bits per heavy atom. The zero-order valence-electron chi connectivity index (χ0n) is 19.3. The van der Waals surface area contributed by atoms with Crippen LogP contribution in [-0.4, -0.2) is 18.7 Å². The van der Waals surface area contributed by atoms with Gasteiger partial charge >= 0.3 is 5.97 Å². The highest BCUT2D eigenvalue weighted by Gasteiger charge is 2.18. The van der Waals surface area contributed by atoms with Gasteiger partial charge in [0.25, 0.3) is 0 Å². The van der Waals surface area contributed by atoms with E-state index in [4.69, 9.17) is 18.6 Å². The highest BCUT2D eigenvalue weighted by molar-refractivity contribution is 5.79. The maximum Gasteiger partial charge on any atom is 0.347 e. The summed E-state index contributed by atoms with van der Waals surface area (Å²) in [4.78, 5) is 25.0. The van der Waals surface area contributed by atoms with Crippen LogP contribution in [0.25, 0.3) is 22.1 Å². The molecule has 34 heavy (non-hydrogen) atoms. The Morgan fingerprint density at radius 1 is 0.882 bits per heavy atom. The first-order valence-electron chi connectivity index (χ1n) is 11.1. The average Bonchev–Trinajstić information content (AvgIpc) is 2.85. The number of carbonyl (C=O) groups is 1. The van der Waals surface area contributed by atoms with Crippen molar-refractivity contribution < 1.29 is 23.4 Å². The van der Waals surface area contributed by atoms with Crippen LogP contribution in [0.2, 0.25) is 0 Å². The second-order valence-corrected chi connectivity index (χ2v) is 8.36. The molecule has 0 N–H and O–H groups in total. The van der Waals surface area contributed by atoms with Gasteiger partial charge in [0.05, 0.1) is 12.0 Å². The normalized spacial score (nSPS) is 11.9. The molecular weight excluding hydrogens is 432 g/mol. The summed E-state index contributed by atoms with van der Waals surface area (Å²) in [6, 6.07) is 22.3. The van der Waals surface area contributed by atoms with Gasteiger partial charge in [0.1, 0.15) is 23.3 Å². The molecule has 0 saturated heterocycles. The van der Waals surface area contributed by atoms with E-state index in [1.165, 1.54) is 6.26 Å². The fourth-order valence-electron chi connectivity index (χ4n) is 3.33. The third-order valence-electron chi connectivity index (χ3n) is 5.11. The predicted octanol–water partition coefficient (Wildman–Crippen LogP) is 6.22. The van der Waals surface area contributed by atoms with Gasteiger partial charge in [-0.05, 0) is 48.2 Å². The fourth-order valence-corrected chi connectivity index (χ4v) is 3.33. The molecule has 0 bridgehead atoms. The summed E-state index contributed by atoms with van der Waals surface area (Å²) >= 11 is 0. The molecule has 1 heterocycles. The zero-order valence-corrected chi connectivity index (χ0v) is 19.3. The number of rotatable bonds is 8. The van der Waals surface area contributed by atoms with Gasteiger partial charge in [0, 0.05) is 6.07 Å². The molecule has 1 atom stereocenters. The summed E-state index contributed by atoms with van der Waals surface area (Å²) in [7, 11) is 0. The largest absolute Gasteiger partial charge is 0.479 e. The van der Waals surface area contributed by atoms with E-state index in [9.17, 15) is 9.59 Å². The van der Waals surface area contributed by atoms with Crippen LogP contribution in [-0.2, 0) is 9.53 Å². The van der Waals surface area contributed by atoms with Crippen LogP contribution >= 0.6 is 0 Å². The van der Waals surface area contributed by atoms with Gasteiger partial charge in [-0.2, -0.15) is 0 Å². The maximum absolute atomic E-state index is 12.9. The molecule has 174 valence electrons. The summed E-state index contributed by atoms with van der Waals surface area (Å²) in [5, 5.41) is 0.348. The van der Waals surface area contributed by atoms with Gasteiger partial charge < -0.3 is 18.6 Å². The van der Waals surface area contributed by atoms with E-state index in [2.05, 4.69) is 0 Å². The van der Waals surface area contributed by atoms with E-state index in [1.54, 1.807) is 25.1 Å². The first-order valence-corrected chi connectivity index (χ1v) is 11.1. The van der Waals surface area contributed by atoms with Gasteiger partial charge in [-0.25, -0.2) is 4.79 Å². The van der Waals surface area contributed by atoms with E-state index in [0.29, 0.717) is 29.1 Å². The van der Waals surface area contributed by atoms with Crippen LogP contribution in [0.1, 0.15) is 20.8 Å². The van der Waals surface area contributed by atoms with Gasteiger partial charge in [0.2, 0.25) is 11.2 Å². The molecule has 0 aliphatic carbocycles. The van der Waals surface area contributed by atoms with Gasteiger partial charge in [0.15, 0.2) is 6.10 Å².